The van der Waals surface area contributed by atoms with Gasteiger partial charge in [-0.15, -0.1) is 0 Å². The molecule has 0 aliphatic carbocycles. The molecule has 1 N–H and O–H groups in total. The van der Waals surface area contributed by atoms with Crippen molar-refractivity contribution in [1.29, 1.82) is 0 Å². The Bertz CT molecular complexity index is 344. The van der Waals surface area contributed by atoms with Crippen molar-refractivity contribution >= 4 is 6.09 Å². The number of piperidine rings is 1. The molecular weight excluding hydrogens is 272 g/mol. The van der Waals surface area contributed by atoms with Crippen LogP contribution in [-0.2, 0) is 9.47 Å². The lowest BCUT2D eigenvalue weighted by Crippen LogP contribution is -2.53. The van der Waals surface area contributed by atoms with Crippen LogP contribution in [0.5, 0.6) is 0 Å². The Balaban J connectivity index is 2.74. The van der Waals surface area contributed by atoms with Gasteiger partial charge in [0.05, 0.1) is 6.54 Å². The standard InChI is InChI=1S/C13H23F2NO4/c1-5-19-10(17)9-6-13(14,15)8-16(7-9)11(18)20-12(2,3)4/h9-10,17H,5-8H2,1-4H3/t9-,10-/m1/s1. The fourth-order valence-corrected chi connectivity index (χ4v) is 2.10. The Labute approximate surface area is 117 Å². The number of alkyl halides is 2. The topological polar surface area (TPSA) is 59.0 Å². The summed E-state index contributed by atoms with van der Waals surface area (Å²) in [4.78, 5) is 12.8. The molecule has 0 spiro atoms. The van der Waals surface area contributed by atoms with Crippen molar-refractivity contribution in [2.75, 3.05) is 19.7 Å². The van der Waals surface area contributed by atoms with Gasteiger partial charge in [-0.25, -0.2) is 13.6 Å². The summed E-state index contributed by atoms with van der Waals surface area (Å²) in [5.74, 6) is -3.89. The third-order valence-corrected chi connectivity index (χ3v) is 2.83. The summed E-state index contributed by atoms with van der Waals surface area (Å²) in [7, 11) is 0. The van der Waals surface area contributed by atoms with E-state index in [9.17, 15) is 18.7 Å². The Kier molecular flexibility index (Phi) is 5.32. The second-order valence-corrected chi connectivity index (χ2v) is 6.03. The number of hydrogen-bond donors (Lipinski definition) is 1. The van der Waals surface area contributed by atoms with Gasteiger partial charge in [-0.3, -0.25) is 0 Å². The molecule has 1 amide bonds. The van der Waals surface area contributed by atoms with Gasteiger partial charge in [0.2, 0.25) is 0 Å². The average molecular weight is 295 g/mol. The van der Waals surface area contributed by atoms with E-state index in [0.29, 0.717) is 0 Å². The number of hydrogen-bond acceptors (Lipinski definition) is 4. The highest BCUT2D eigenvalue weighted by Crippen LogP contribution is 2.33. The molecule has 5 nitrogen and oxygen atoms in total. The van der Waals surface area contributed by atoms with E-state index in [0.717, 1.165) is 4.90 Å². The number of carbonyl (C=O) groups is 1. The van der Waals surface area contributed by atoms with Gasteiger partial charge in [0, 0.05) is 25.5 Å². The second-order valence-electron chi connectivity index (χ2n) is 6.03. The lowest BCUT2D eigenvalue weighted by Gasteiger charge is -2.39. The predicted molar refractivity (Wildman–Crippen MR) is 68.5 cm³/mol. The molecule has 0 aromatic carbocycles. The molecule has 1 rings (SSSR count). The van der Waals surface area contributed by atoms with Gasteiger partial charge in [0.1, 0.15) is 5.60 Å². The molecule has 1 heterocycles. The van der Waals surface area contributed by atoms with Crippen molar-refractivity contribution < 1.29 is 28.2 Å². The highest BCUT2D eigenvalue weighted by molar-refractivity contribution is 5.68. The van der Waals surface area contributed by atoms with Crippen molar-refractivity contribution in [3.05, 3.63) is 0 Å². The van der Waals surface area contributed by atoms with Crippen LogP contribution < -0.4 is 0 Å². The summed E-state index contributed by atoms with van der Waals surface area (Å²) in [6.07, 6.45) is -2.62. The zero-order valence-corrected chi connectivity index (χ0v) is 12.4. The van der Waals surface area contributed by atoms with Crippen molar-refractivity contribution in [2.45, 2.75) is 51.9 Å². The first-order chi connectivity index (χ1) is 9.04. The molecule has 118 valence electrons. The molecule has 0 aromatic heterocycles. The molecule has 0 aromatic rings. The quantitative estimate of drug-likeness (QED) is 0.811. The number of aliphatic hydroxyl groups is 1. The van der Waals surface area contributed by atoms with Crippen LogP contribution in [0.25, 0.3) is 0 Å². The molecule has 1 aliphatic heterocycles. The van der Waals surface area contributed by atoms with E-state index in [1.165, 1.54) is 0 Å². The minimum atomic E-state index is -3.06. The first-order valence-electron chi connectivity index (χ1n) is 6.69. The third kappa shape index (κ3) is 5.20. The Morgan fingerprint density at radius 1 is 1.50 bits per heavy atom. The zero-order chi connectivity index (χ0) is 15.6. The molecule has 7 heteroatoms. The van der Waals surface area contributed by atoms with Crippen LogP contribution in [0.3, 0.4) is 0 Å². The first-order valence-corrected chi connectivity index (χ1v) is 6.69. The van der Waals surface area contributed by atoms with Crippen molar-refractivity contribution in [3.63, 3.8) is 0 Å². The minimum Gasteiger partial charge on any atom is -0.444 e. The normalized spacial score (nSPS) is 24.4. The van der Waals surface area contributed by atoms with E-state index in [2.05, 4.69) is 0 Å². The number of halogens is 2. The van der Waals surface area contributed by atoms with Crippen LogP contribution in [0, 0.1) is 5.92 Å². The molecule has 0 radical (unpaired) electrons. The van der Waals surface area contributed by atoms with Crippen LogP contribution in [0.1, 0.15) is 34.1 Å². The average Bonchev–Trinajstić information content (AvgIpc) is 2.24. The highest BCUT2D eigenvalue weighted by atomic mass is 19.3. The Hall–Kier alpha value is -0.950. The molecule has 20 heavy (non-hydrogen) atoms. The summed E-state index contributed by atoms with van der Waals surface area (Å²) in [6, 6.07) is 0. The third-order valence-electron chi connectivity index (χ3n) is 2.83. The molecule has 1 fully saturated rings. The van der Waals surface area contributed by atoms with Gasteiger partial charge in [-0.05, 0) is 27.7 Å². The largest absolute Gasteiger partial charge is 0.444 e. The number of likely N-dealkylation sites (tertiary alicyclic amines) is 1. The Morgan fingerprint density at radius 2 is 2.10 bits per heavy atom. The molecule has 0 unspecified atom stereocenters. The minimum absolute atomic E-state index is 0.00826. The van der Waals surface area contributed by atoms with Crippen LogP contribution >= 0.6 is 0 Å². The van der Waals surface area contributed by atoms with E-state index < -0.39 is 42.8 Å². The van der Waals surface area contributed by atoms with Gasteiger partial charge in [0.25, 0.3) is 5.92 Å². The fraction of sp³-hybridized carbons (Fsp3) is 0.923. The molecular formula is C13H23F2NO4. The van der Waals surface area contributed by atoms with Crippen LogP contribution in [0.4, 0.5) is 13.6 Å². The smallest absolute Gasteiger partial charge is 0.410 e. The summed E-state index contributed by atoms with van der Waals surface area (Å²) >= 11 is 0. The molecule has 0 saturated carbocycles. The van der Waals surface area contributed by atoms with Gasteiger partial charge >= 0.3 is 6.09 Å². The van der Waals surface area contributed by atoms with E-state index in [1.807, 2.05) is 0 Å². The molecule has 2 atom stereocenters. The first kappa shape index (κ1) is 17.1. The van der Waals surface area contributed by atoms with Crippen LogP contribution in [-0.4, -0.2) is 53.6 Å². The van der Waals surface area contributed by atoms with Crippen LogP contribution in [0.2, 0.25) is 0 Å². The van der Waals surface area contributed by atoms with Gasteiger partial charge in [-0.1, -0.05) is 0 Å². The SMILES string of the molecule is CCO[C@@H](O)[C@H]1CN(C(=O)OC(C)(C)C)CC(F)(F)C1. The number of rotatable bonds is 3. The second kappa shape index (κ2) is 6.22. The van der Waals surface area contributed by atoms with Gasteiger partial charge in [-0.2, -0.15) is 0 Å². The molecule has 0 bridgehead atoms. The number of amides is 1. The van der Waals surface area contributed by atoms with E-state index >= 15 is 0 Å². The number of carbonyl (C=O) groups excluding carboxylic acids is 1. The molecule has 1 aliphatic rings. The van der Waals surface area contributed by atoms with E-state index in [4.69, 9.17) is 9.47 Å². The maximum atomic E-state index is 13.7. The lowest BCUT2D eigenvalue weighted by atomic mass is 9.95. The summed E-state index contributed by atoms with van der Waals surface area (Å²) < 4.78 is 37.4. The fourth-order valence-electron chi connectivity index (χ4n) is 2.10. The van der Waals surface area contributed by atoms with E-state index in [1.54, 1.807) is 27.7 Å². The molecule has 1 saturated heterocycles. The maximum absolute atomic E-state index is 13.7. The van der Waals surface area contributed by atoms with Crippen molar-refractivity contribution in [3.8, 4) is 0 Å². The zero-order valence-electron chi connectivity index (χ0n) is 12.4. The van der Waals surface area contributed by atoms with Crippen LogP contribution in [0.15, 0.2) is 0 Å². The van der Waals surface area contributed by atoms with Crippen molar-refractivity contribution in [1.82, 2.24) is 4.90 Å². The summed E-state index contributed by atoms with van der Waals surface area (Å²) in [5.41, 5.74) is -0.752. The summed E-state index contributed by atoms with van der Waals surface area (Å²) in [6.45, 7) is 6.17. The maximum Gasteiger partial charge on any atom is 0.410 e. The number of nitrogens with zero attached hydrogens (tertiary/aromatic N) is 1. The van der Waals surface area contributed by atoms with Gasteiger partial charge < -0.3 is 19.5 Å². The highest BCUT2D eigenvalue weighted by Gasteiger charge is 2.45. The number of ether oxygens (including phenoxy) is 2. The Morgan fingerprint density at radius 3 is 2.60 bits per heavy atom. The predicted octanol–water partition coefficient (Wildman–Crippen LogP) is 2.23. The van der Waals surface area contributed by atoms with Gasteiger partial charge in [0.15, 0.2) is 6.29 Å². The van der Waals surface area contributed by atoms with Crippen molar-refractivity contribution in [2.24, 2.45) is 5.92 Å². The number of aliphatic hydroxyl groups excluding tert-OH is 1. The van der Waals surface area contributed by atoms with E-state index in [-0.39, 0.29) is 13.2 Å². The summed E-state index contributed by atoms with van der Waals surface area (Å²) in [5, 5.41) is 9.70. The monoisotopic (exact) mass is 295 g/mol. The lowest BCUT2D eigenvalue weighted by molar-refractivity contribution is -0.176.